The van der Waals surface area contributed by atoms with Crippen LogP contribution in [0.2, 0.25) is 0 Å². The van der Waals surface area contributed by atoms with Gasteiger partial charge in [-0.25, -0.2) is 9.50 Å². The second-order valence-electron chi connectivity index (χ2n) is 5.71. The smallest absolute Gasteiger partial charge is 0.356 e. The van der Waals surface area contributed by atoms with Gasteiger partial charge in [-0.1, -0.05) is 0 Å². The normalized spacial score (nSPS) is 11.9. The molecule has 2 rings (SSSR count). The highest BCUT2D eigenvalue weighted by molar-refractivity contribution is 5.76. The Balaban J connectivity index is 2.12. The number of nitrogens with one attached hydrogen (secondary N) is 2. The highest BCUT2D eigenvalue weighted by Gasteiger charge is 2.36. The molecular weight excluding hydrogens is 337 g/mol. The van der Waals surface area contributed by atoms with Gasteiger partial charge in [0.1, 0.15) is 0 Å². The predicted molar refractivity (Wildman–Crippen MR) is 85.1 cm³/mol. The molecule has 2 aromatic heterocycles. The number of carbonyl (C=O) groups is 1. The Morgan fingerprint density at radius 1 is 1.20 bits per heavy atom. The van der Waals surface area contributed by atoms with E-state index in [9.17, 15) is 18.0 Å². The highest BCUT2D eigenvalue weighted by atomic mass is 19.4. The Kier molecular flexibility index (Phi) is 5.93. The van der Waals surface area contributed by atoms with E-state index in [1.165, 1.54) is 0 Å². The molecule has 0 fully saturated rings. The van der Waals surface area contributed by atoms with Crippen LogP contribution in [-0.4, -0.2) is 45.6 Å². The van der Waals surface area contributed by atoms with Crippen LogP contribution in [0.5, 0.6) is 0 Å². The van der Waals surface area contributed by atoms with Gasteiger partial charge in [-0.2, -0.15) is 18.2 Å². The van der Waals surface area contributed by atoms with E-state index in [4.69, 9.17) is 0 Å². The van der Waals surface area contributed by atoms with Crippen LogP contribution in [0.25, 0.3) is 5.78 Å². The third kappa shape index (κ3) is 4.65. The summed E-state index contributed by atoms with van der Waals surface area (Å²) in [6.07, 6.45) is -3.19. The molecule has 0 saturated heterocycles. The highest BCUT2D eigenvalue weighted by Crippen LogP contribution is 2.27. The topological polar surface area (TPSA) is 84.2 Å². The maximum absolute atomic E-state index is 12.8. The largest absolute Gasteiger partial charge is 0.453 e. The number of halogens is 3. The Labute approximate surface area is 143 Å². The van der Waals surface area contributed by atoms with E-state index in [1.54, 1.807) is 13.8 Å². The minimum absolute atomic E-state index is 0.0948. The van der Waals surface area contributed by atoms with Gasteiger partial charge in [0.25, 0.3) is 11.6 Å². The van der Waals surface area contributed by atoms with E-state index in [2.05, 4.69) is 25.7 Å². The van der Waals surface area contributed by atoms with Crippen molar-refractivity contribution in [2.24, 2.45) is 0 Å². The van der Waals surface area contributed by atoms with E-state index in [0.717, 1.165) is 17.5 Å². The number of aromatic nitrogens is 4. The van der Waals surface area contributed by atoms with Crippen molar-refractivity contribution in [2.45, 2.75) is 39.3 Å². The Morgan fingerprint density at radius 3 is 2.56 bits per heavy atom. The van der Waals surface area contributed by atoms with Crippen molar-refractivity contribution in [2.75, 3.05) is 20.1 Å². The molecule has 2 heterocycles. The van der Waals surface area contributed by atoms with E-state index in [1.807, 2.05) is 7.05 Å². The first-order chi connectivity index (χ1) is 11.7. The van der Waals surface area contributed by atoms with Gasteiger partial charge in [0.2, 0.25) is 5.91 Å². The molecular formula is C15H21F3N6O. The van der Waals surface area contributed by atoms with Gasteiger partial charge in [-0.3, -0.25) is 4.79 Å². The number of rotatable bonds is 7. The fourth-order valence-electron chi connectivity index (χ4n) is 2.51. The summed E-state index contributed by atoms with van der Waals surface area (Å²) in [6.45, 7) is 4.73. The lowest BCUT2D eigenvalue weighted by atomic mass is 10.1. The van der Waals surface area contributed by atoms with Crippen molar-refractivity contribution in [3.63, 3.8) is 0 Å². The first-order valence-corrected chi connectivity index (χ1v) is 7.95. The molecule has 138 valence electrons. The molecule has 0 aliphatic heterocycles. The van der Waals surface area contributed by atoms with Crippen molar-refractivity contribution in [3.8, 4) is 0 Å². The van der Waals surface area contributed by atoms with E-state index >= 15 is 0 Å². The van der Waals surface area contributed by atoms with E-state index in [0.29, 0.717) is 29.9 Å². The van der Waals surface area contributed by atoms with Gasteiger partial charge >= 0.3 is 6.18 Å². The molecule has 2 N–H and O–H groups in total. The van der Waals surface area contributed by atoms with Gasteiger partial charge < -0.3 is 10.6 Å². The number of nitrogens with zero attached hydrogens (tertiary/aromatic N) is 4. The van der Waals surface area contributed by atoms with Gasteiger partial charge in [0.05, 0.1) is 0 Å². The van der Waals surface area contributed by atoms with E-state index in [-0.39, 0.29) is 18.1 Å². The number of alkyl halides is 3. The summed E-state index contributed by atoms with van der Waals surface area (Å²) in [6, 6.07) is 0. The predicted octanol–water partition coefficient (Wildman–Crippen LogP) is 1.42. The van der Waals surface area contributed by atoms with Crippen LogP contribution in [0.15, 0.2) is 0 Å². The fraction of sp³-hybridized carbons (Fsp3) is 0.600. The van der Waals surface area contributed by atoms with Crippen molar-refractivity contribution in [3.05, 3.63) is 22.8 Å². The SMILES string of the molecule is CNCCCNC(=O)CCc1c(C)nc2nc(C(F)(F)F)nn2c1C. The number of hydrogen-bond acceptors (Lipinski definition) is 5. The van der Waals surface area contributed by atoms with Gasteiger partial charge in [0, 0.05) is 24.4 Å². The summed E-state index contributed by atoms with van der Waals surface area (Å²) in [5, 5.41) is 9.29. The number of aryl methyl sites for hydroxylation is 2. The van der Waals surface area contributed by atoms with Crippen molar-refractivity contribution >= 4 is 11.7 Å². The third-order valence-electron chi connectivity index (χ3n) is 3.83. The molecule has 10 heteroatoms. The summed E-state index contributed by atoms with van der Waals surface area (Å²) in [5.74, 6) is -1.42. The molecule has 1 amide bonds. The summed E-state index contributed by atoms with van der Waals surface area (Å²) >= 11 is 0. The minimum Gasteiger partial charge on any atom is -0.356 e. The lowest BCUT2D eigenvalue weighted by Gasteiger charge is -2.10. The second kappa shape index (κ2) is 7.77. The molecule has 0 bridgehead atoms. The maximum atomic E-state index is 12.8. The molecule has 0 atom stereocenters. The van der Waals surface area contributed by atoms with E-state index < -0.39 is 12.0 Å². The Hall–Kier alpha value is -2.23. The second-order valence-corrected chi connectivity index (χ2v) is 5.71. The Morgan fingerprint density at radius 2 is 1.92 bits per heavy atom. The molecule has 0 aliphatic rings. The number of fused-ring (bicyclic) bond motifs is 1. The van der Waals surface area contributed by atoms with Crippen molar-refractivity contribution in [1.29, 1.82) is 0 Å². The van der Waals surface area contributed by atoms with Crippen molar-refractivity contribution < 1.29 is 18.0 Å². The molecule has 25 heavy (non-hydrogen) atoms. The first kappa shape index (κ1) is 19.1. The third-order valence-corrected chi connectivity index (χ3v) is 3.83. The average Bonchev–Trinajstić information content (AvgIpc) is 2.95. The van der Waals surface area contributed by atoms with Gasteiger partial charge in [-0.05, 0) is 45.8 Å². The van der Waals surface area contributed by atoms with Crippen molar-refractivity contribution in [1.82, 2.24) is 30.2 Å². The van der Waals surface area contributed by atoms with Crippen LogP contribution in [0.4, 0.5) is 13.2 Å². The zero-order chi connectivity index (χ0) is 18.6. The van der Waals surface area contributed by atoms with Gasteiger partial charge in [0.15, 0.2) is 0 Å². The fourth-order valence-corrected chi connectivity index (χ4v) is 2.51. The lowest BCUT2D eigenvalue weighted by molar-refractivity contribution is -0.144. The molecule has 0 saturated carbocycles. The minimum atomic E-state index is -4.62. The molecule has 0 aromatic carbocycles. The van der Waals surface area contributed by atoms with Gasteiger partial charge in [-0.15, -0.1) is 5.10 Å². The van der Waals surface area contributed by atoms with Crippen LogP contribution < -0.4 is 10.6 Å². The summed E-state index contributed by atoms with van der Waals surface area (Å²) in [5.41, 5.74) is 1.76. The quantitative estimate of drug-likeness (QED) is 0.732. The molecule has 7 nitrogen and oxygen atoms in total. The average molecular weight is 358 g/mol. The van der Waals surface area contributed by atoms with Crippen LogP contribution in [-0.2, 0) is 17.4 Å². The molecule has 2 aromatic rings. The summed E-state index contributed by atoms with van der Waals surface area (Å²) in [4.78, 5) is 19.4. The van der Waals surface area contributed by atoms with Crippen LogP contribution in [0.3, 0.4) is 0 Å². The standard InChI is InChI=1S/C15H21F3N6O/c1-9-11(5-6-12(25)20-8-4-7-19-3)10(2)24-14(21-9)22-13(23-24)15(16,17)18/h19H,4-8H2,1-3H3,(H,20,25). The summed E-state index contributed by atoms with van der Waals surface area (Å²) in [7, 11) is 1.84. The maximum Gasteiger partial charge on any atom is 0.453 e. The van der Waals surface area contributed by atoms with Crippen LogP contribution in [0, 0.1) is 13.8 Å². The molecule has 0 radical (unpaired) electrons. The molecule has 0 spiro atoms. The number of hydrogen-bond donors (Lipinski definition) is 2. The number of carbonyl (C=O) groups excluding carboxylic acids is 1. The molecule has 0 aliphatic carbocycles. The Bertz CT molecular complexity index is 756. The van der Waals surface area contributed by atoms with Crippen LogP contribution >= 0.6 is 0 Å². The zero-order valence-electron chi connectivity index (χ0n) is 14.4. The first-order valence-electron chi connectivity index (χ1n) is 7.95. The number of amides is 1. The van der Waals surface area contributed by atoms with Crippen LogP contribution in [0.1, 0.15) is 35.6 Å². The zero-order valence-corrected chi connectivity index (χ0v) is 14.4. The monoisotopic (exact) mass is 358 g/mol. The lowest BCUT2D eigenvalue weighted by Crippen LogP contribution is -2.27. The molecule has 0 unspecified atom stereocenters. The summed E-state index contributed by atoms with van der Waals surface area (Å²) < 4.78 is 39.4.